The summed E-state index contributed by atoms with van der Waals surface area (Å²) in [7, 11) is 0.162. The summed E-state index contributed by atoms with van der Waals surface area (Å²) in [5.41, 5.74) is 5.45. The molecule has 0 radical (unpaired) electrons. The Morgan fingerprint density at radius 2 is 1.24 bits per heavy atom. The molecule has 1 aliphatic rings. The molecule has 1 atom stereocenters. The van der Waals surface area contributed by atoms with Gasteiger partial charge in [0.25, 0.3) is 16.6 Å². The van der Waals surface area contributed by atoms with Gasteiger partial charge in [0.05, 0.1) is 0 Å². The standard InChI is InChI=1S/C29H47NO2Si2/c1-28(2,3)33(9,10)31-26-19-22-15-18-24(21-13-16-23(17-14-21)30(7)8)25(22)20-27(26)32-34(11,12)29(4,5)6/h13-14,16-17,19-20,24H,15,18H2,1-12H3. The Kier molecular flexibility index (Phi) is 7.15. The molecule has 3 rings (SSSR count). The summed E-state index contributed by atoms with van der Waals surface area (Å²) in [6, 6.07) is 13.7. The Bertz CT molecular complexity index is 1010. The average Bonchev–Trinajstić information content (AvgIpc) is 3.08. The van der Waals surface area contributed by atoms with E-state index in [1.54, 1.807) is 0 Å². The van der Waals surface area contributed by atoms with Crippen LogP contribution in [0.3, 0.4) is 0 Å². The summed E-state index contributed by atoms with van der Waals surface area (Å²) < 4.78 is 13.8. The van der Waals surface area contributed by atoms with Gasteiger partial charge in [0.15, 0.2) is 0 Å². The van der Waals surface area contributed by atoms with E-state index in [1.165, 1.54) is 22.4 Å². The Morgan fingerprint density at radius 1 is 0.765 bits per heavy atom. The van der Waals surface area contributed by atoms with Crippen molar-refractivity contribution in [2.75, 3.05) is 19.0 Å². The SMILES string of the molecule is CN(C)c1ccc(C2CCc3cc(O[Si](C)(C)C(C)(C)C)c(O[Si](C)(C)C(C)(C)C)cc32)cc1. The first-order chi connectivity index (χ1) is 15.4. The van der Waals surface area contributed by atoms with Crippen LogP contribution < -0.4 is 13.8 Å². The van der Waals surface area contributed by atoms with E-state index in [9.17, 15) is 0 Å². The Morgan fingerprint density at radius 3 is 1.68 bits per heavy atom. The highest BCUT2D eigenvalue weighted by atomic mass is 28.4. The third-order valence-electron chi connectivity index (χ3n) is 8.44. The number of benzene rings is 2. The van der Waals surface area contributed by atoms with Crippen LogP contribution in [0.5, 0.6) is 11.5 Å². The van der Waals surface area contributed by atoms with Crippen LogP contribution in [0.15, 0.2) is 36.4 Å². The van der Waals surface area contributed by atoms with Crippen molar-refractivity contribution in [1.29, 1.82) is 0 Å². The highest BCUT2D eigenvalue weighted by Crippen LogP contribution is 2.48. The lowest BCUT2D eigenvalue weighted by Crippen LogP contribution is -2.45. The third kappa shape index (κ3) is 5.41. The quantitative estimate of drug-likeness (QED) is 0.373. The van der Waals surface area contributed by atoms with E-state index < -0.39 is 16.6 Å². The van der Waals surface area contributed by atoms with Gasteiger partial charge in [0.1, 0.15) is 11.5 Å². The summed E-state index contributed by atoms with van der Waals surface area (Å²) in [6.07, 6.45) is 2.23. The van der Waals surface area contributed by atoms with Crippen molar-refractivity contribution >= 4 is 22.3 Å². The van der Waals surface area contributed by atoms with Gasteiger partial charge in [0, 0.05) is 25.7 Å². The van der Waals surface area contributed by atoms with Crippen LogP contribution in [0.4, 0.5) is 5.69 Å². The van der Waals surface area contributed by atoms with E-state index >= 15 is 0 Å². The molecule has 5 heteroatoms. The monoisotopic (exact) mass is 497 g/mol. The first-order valence-electron chi connectivity index (χ1n) is 12.7. The number of aryl methyl sites for hydroxylation is 1. The van der Waals surface area contributed by atoms with E-state index in [2.05, 4.69) is 123 Å². The zero-order chi connectivity index (χ0) is 25.7. The zero-order valence-electron chi connectivity index (χ0n) is 23.7. The van der Waals surface area contributed by atoms with Crippen molar-refractivity contribution in [3.63, 3.8) is 0 Å². The topological polar surface area (TPSA) is 21.7 Å². The molecule has 0 heterocycles. The van der Waals surface area contributed by atoms with E-state index in [1.807, 2.05) is 0 Å². The fraction of sp³-hybridized carbons (Fsp3) is 0.586. The fourth-order valence-corrected chi connectivity index (χ4v) is 6.01. The predicted molar refractivity (Wildman–Crippen MR) is 153 cm³/mol. The third-order valence-corrected chi connectivity index (χ3v) is 17.1. The normalized spacial score (nSPS) is 16.9. The van der Waals surface area contributed by atoms with E-state index in [-0.39, 0.29) is 10.1 Å². The maximum absolute atomic E-state index is 6.95. The van der Waals surface area contributed by atoms with Gasteiger partial charge in [0.2, 0.25) is 0 Å². The molecule has 0 saturated heterocycles. The van der Waals surface area contributed by atoms with E-state index in [4.69, 9.17) is 8.85 Å². The minimum absolute atomic E-state index is 0.127. The molecule has 0 saturated carbocycles. The largest absolute Gasteiger partial charge is 0.541 e. The van der Waals surface area contributed by atoms with Gasteiger partial charge in [-0.05, 0) is 90.1 Å². The first kappa shape index (κ1) is 26.9. The molecule has 188 valence electrons. The molecule has 2 aromatic rings. The van der Waals surface area contributed by atoms with Gasteiger partial charge in [-0.1, -0.05) is 53.7 Å². The number of anilines is 1. The fourth-order valence-electron chi connectivity index (χ4n) is 3.98. The molecule has 3 nitrogen and oxygen atoms in total. The van der Waals surface area contributed by atoms with Gasteiger partial charge in [-0.2, -0.15) is 0 Å². The molecule has 0 N–H and O–H groups in total. The molecule has 0 aliphatic heterocycles. The molecular formula is C29H47NO2Si2. The summed E-state index contributed by atoms with van der Waals surface area (Å²) in [5.74, 6) is 2.32. The minimum atomic E-state index is -2.02. The van der Waals surface area contributed by atoms with Gasteiger partial charge in [-0.3, -0.25) is 0 Å². The first-order valence-corrected chi connectivity index (χ1v) is 18.6. The second-order valence-corrected chi connectivity index (χ2v) is 22.7. The van der Waals surface area contributed by atoms with Crippen LogP contribution in [0.25, 0.3) is 0 Å². The minimum Gasteiger partial charge on any atom is -0.541 e. The second-order valence-electron chi connectivity index (χ2n) is 13.3. The Hall–Kier alpha value is -1.73. The molecule has 0 fully saturated rings. The van der Waals surface area contributed by atoms with Crippen molar-refractivity contribution in [2.24, 2.45) is 0 Å². The van der Waals surface area contributed by atoms with Gasteiger partial charge < -0.3 is 13.8 Å². The molecule has 34 heavy (non-hydrogen) atoms. The highest BCUT2D eigenvalue weighted by Gasteiger charge is 2.42. The molecule has 0 spiro atoms. The zero-order valence-corrected chi connectivity index (χ0v) is 25.7. The molecule has 1 unspecified atom stereocenters. The number of hydrogen-bond donors (Lipinski definition) is 0. The van der Waals surface area contributed by atoms with Crippen molar-refractivity contribution in [2.45, 2.75) is 96.6 Å². The second kappa shape index (κ2) is 9.05. The van der Waals surface area contributed by atoms with Crippen molar-refractivity contribution < 1.29 is 8.85 Å². The summed E-state index contributed by atoms with van der Waals surface area (Å²) in [4.78, 5) is 2.15. The average molecular weight is 498 g/mol. The van der Waals surface area contributed by atoms with E-state index in [0.29, 0.717) is 5.92 Å². The molecule has 2 aromatic carbocycles. The number of nitrogens with zero attached hydrogens (tertiary/aromatic N) is 1. The van der Waals surface area contributed by atoms with Crippen LogP contribution in [0.2, 0.25) is 36.3 Å². The van der Waals surface area contributed by atoms with Gasteiger partial charge >= 0.3 is 0 Å². The van der Waals surface area contributed by atoms with Crippen LogP contribution in [0.1, 0.15) is 70.6 Å². The van der Waals surface area contributed by atoms with Crippen LogP contribution in [0, 0.1) is 0 Å². The molecule has 0 amide bonds. The van der Waals surface area contributed by atoms with Crippen molar-refractivity contribution in [1.82, 2.24) is 0 Å². The lowest BCUT2D eigenvalue weighted by Gasteiger charge is -2.40. The van der Waals surface area contributed by atoms with Crippen LogP contribution in [-0.2, 0) is 6.42 Å². The summed E-state index contributed by atoms with van der Waals surface area (Å²) in [6.45, 7) is 23.1. The number of rotatable bonds is 6. The van der Waals surface area contributed by atoms with E-state index in [0.717, 1.165) is 24.3 Å². The maximum atomic E-state index is 6.95. The van der Waals surface area contributed by atoms with Crippen LogP contribution in [-0.4, -0.2) is 30.7 Å². The summed E-state index contributed by atoms with van der Waals surface area (Å²) >= 11 is 0. The van der Waals surface area contributed by atoms with Crippen molar-refractivity contribution in [3.05, 3.63) is 53.1 Å². The number of hydrogen-bond acceptors (Lipinski definition) is 3. The number of fused-ring (bicyclic) bond motifs is 1. The maximum Gasteiger partial charge on any atom is 0.250 e. The highest BCUT2D eigenvalue weighted by molar-refractivity contribution is 6.75. The van der Waals surface area contributed by atoms with Gasteiger partial charge in [-0.25, -0.2) is 0 Å². The van der Waals surface area contributed by atoms with Crippen LogP contribution >= 0.6 is 0 Å². The molecule has 1 aliphatic carbocycles. The molecule has 0 aromatic heterocycles. The Labute approximate surface area is 211 Å². The van der Waals surface area contributed by atoms with Crippen molar-refractivity contribution in [3.8, 4) is 11.5 Å². The Balaban J connectivity index is 2.07. The lowest BCUT2D eigenvalue weighted by molar-refractivity contribution is 0.440. The smallest absolute Gasteiger partial charge is 0.250 e. The summed E-state index contributed by atoms with van der Waals surface area (Å²) in [5, 5.41) is 0.263. The van der Waals surface area contributed by atoms with Gasteiger partial charge in [-0.15, -0.1) is 0 Å². The predicted octanol–water partition coefficient (Wildman–Crippen LogP) is 8.60. The lowest BCUT2D eigenvalue weighted by atomic mass is 9.92. The molecule has 0 bridgehead atoms. The molecular weight excluding hydrogens is 450 g/mol.